The van der Waals surface area contributed by atoms with Crippen LogP contribution in [0.15, 0.2) is 55.0 Å². The zero-order chi connectivity index (χ0) is 20.4. The second-order valence-electron chi connectivity index (χ2n) is 6.69. The molecule has 0 saturated heterocycles. The molecule has 0 aliphatic carbocycles. The molecule has 4 rings (SSSR count). The molecule has 0 radical (unpaired) electrons. The zero-order valence-electron chi connectivity index (χ0n) is 16.3. The summed E-state index contributed by atoms with van der Waals surface area (Å²) in [5.41, 5.74) is 3.89. The normalized spacial score (nSPS) is 10.7. The topological polar surface area (TPSA) is 86.8 Å². The van der Waals surface area contributed by atoms with Gasteiger partial charge >= 0.3 is 0 Å². The van der Waals surface area contributed by atoms with Crippen LogP contribution in [-0.4, -0.2) is 39.9 Å². The Morgan fingerprint density at radius 3 is 2.52 bits per heavy atom. The van der Waals surface area contributed by atoms with Gasteiger partial charge in [0.15, 0.2) is 0 Å². The van der Waals surface area contributed by atoms with E-state index < -0.39 is 0 Å². The summed E-state index contributed by atoms with van der Waals surface area (Å²) in [6, 6.07) is 12.0. The lowest BCUT2D eigenvalue weighted by Crippen LogP contribution is -2.07. The van der Waals surface area contributed by atoms with Gasteiger partial charge in [-0.3, -0.25) is 4.79 Å². The third-order valence-electron chi connectivity index (χ3n) is 4.31. The number of aromatic nitrogens is 4. The van der Waals surface area contributed by atoms with Crippen LogP contribution in [0.1, 0.15) is 6.92 Å². The number of thiazole rings is 1. The Labute approximate surface area is 172 Å². The number of hydrogen-bond acceptors (Lipinski definition) is 6. The maximum atomic E-state index is 11.4. The van der Waals surface area contributed by atoms with E-state index in [2.05, 4.69) is 49.4 Å². The Kier molecular flexibility index (Phi) is 5.09. The van der Waals surface area contributed by atoms with Crippen LogP contribution < -0.4 is 10.2 Å². The van der Waals surface area contributed by atoms with Crippen LogP contribution in [0, 0.1) is 0 Å². The second kappa shape index (κ2) is 7.84. The van der Waals surface area contributed by atoms with Crippen molar-refractivity contribution in [1.82, 2.24) is 19.9 Å². The molecular formula is C21H20N6OS. The van der Waals surface area contributed by atoms with Crippen molar-refractivity contribution in [3.05, 3.63) is 55.0 Å². The molecule has 7 nitrogen and oxygen atoms in total. The van der Waals surface area contributed by atoms with E-state index in [4.69, 9.17) is 4.98 Å². The Morgan fingerprint density at radius 2 is 1.86 bits per heavy atom. The standard InChI is InChI=1S/C21H20N6OS/c1-13(28)25-17-12-15(8-9-22-17)21-26-18(19(29-21)20-23-10-11-24-20)14-4-6-16(7-5-14)27(2)3/h4-12H,1-3H3,(H,23,24)(H,22,25,28). The first-order chi connectivity index (χ1) is 14.0. The number of anilines is 2. The van der Waals surface area contributed by atoms with Crippen molar-refractivity contribution in [1.29, 1.82) is 0 Å². The summed E-state index contributed by atoms with van der Waals surface area (Å²) >= 11 is 1.55. The smallest absolute Gasteiger partial charge is 0.222 e. The van der Waals surface area contributed by atoms with Crippen molar-refractivity contribution in [2.75, 3.05) is 24.3 Å². The monoisotopic (exact) mass is 404 g/mol. The maximum absolute atomic E-state index is 11.4. The predicted octanol–water partition coefficient (Wildman–Crippen LogP) is 4.29. The molecule has 0 atom stereocenters. The quantitative estimate of drug-likeness (QED) is 0.518. The van der Waals surface area contributed by atoms with Crippen LogP contribution in [0.3, 0.4) is 0 Å². The molecule has 1 amide bonds. The molecule has 1 aromatic carbocycles. The molecule has 0 fully saturated rings. The number of hydrogen-bond donors (Lipinski definition) is 2. The van der Waals surface area contributed by atoms with Gasteiger partial charge in [0.1, 0.15) is 16.6 Å². The molecule has 3 heterocycles. The SMILES string of the molecule is CC(=O)Nc1cc(-c2nc(-c3ccc(N(C)C)cc3)c(-c3ncc[nH]3)s2)ccn1. The number of carbonyl (C=O) groups is 1. The van der Waals surface area contributed by atoms with E-state index in [1.54, 1.807) is 29.9 Å². The Bertz CT molecular complexity index is 1130. The van der Waals surface area contributed by atoms with Gasteiger partial charge in [-0.25, -0.2) is 15.0 Å². The van der Waals surface area contributed by atoms with Crippen LogP contribution in [0.4, 0.5) is 11.5 Å². The lowest BCUT2D eigenvalue weighted by atomic mass is 10.1. The third kappa shape index (κ3) is 4.02. The van der Waals surface area contributed by atoms with E-state index in [9.17, 15) is 4.79 Å². The number of imidazole rings is 1. The van der Waals surface area contributed by atoms with Crippen LogP contribution in [0.2, 0.25) is 0 Å². The number of H-pyrrole nitrogens is 1. The number of benzene rings is 1. The fraction of sp³-hybridized carbons (Fsp3) is 0.143. The number of nitrogens with one attached hydrogen (secondary N) is 2. The van der Waals surface area contributed by atoms with Crippen LogP contribution in [0.25, 0.3) is 32.5 Å². The van der Waals surface area contributed by atoms with E-state index in [0.29, 0.717) is 5.82 Å². The number of amides is 1. The van der Waals surface area contributed by atoms with Gasteiger partial charge in [0, 0.05) is 56.4 Å². The van der Waals surface area contributed by atoms with E-state index in [1.807, 2.05) is 26.2 Å². The average molecular weight is 404 g/mol. The molecule has 0 bridgehead atoms. The minimum atomic E-state index is -0.160. The van der Waals surface area contributed by atoms with Gasteiger partial charge in [-0.2, -0.15) is 0 Å². The molecule has 0 saturated carbocycles. The number of pyridine rings is 1. The molecule has 8 heteroatoms. The summed E-state index contributed by atoms with van der Waals surface area (Å²) < 4.78 is 0. The van der Waals surface area contributed by atoms with Crippen molar-refractivity contribution in [2.24, 2.45) is 0 Å². The van der Waals surface area contributed by atoms with Gasteiger partial charge in [-0.05, 0) is 24.3 Å². The van der Waals surface area contributed by atoms with Gasteiger partial charge in [-0.1, -0.05) is 12.1 Å². The van der Waals surface area contributed by atoms with E-state index >= 15 is 0 Å². The van der Waals surface area contributed by atoms with Crippen molar-refractivity contribution < 1.29 is 4.79 Å². The van der Waals surface area contributed by atoms with Gasteiger partial charge in [-0.15, -0.1) is 11.3 Å². The molecule has 29 heavy (non-hydrogen) atoms. The van der Waals surface area contributed by atoms with Crippen LogP contribution >= 0.6 is 11.3 Å². The highest BCUT2D eigenvalue weighted by Crippen LogP contribution is 2.39. The van der Waals surface area contributed by atoms with Crippen molar-refractivity contribution in [2.45, 2.75) is 6.92 Å². The highest BCUT2D eigenvalue weighted by molar-refractivity contribution is 7.18. The fourth-order valence-electron chi connectivity index (χ4n) is 2.92. The first-order valence-corrected chi connectivity index (χ1v) is 9.85. The van der Waals surface area contributed by atoms with Gasteiger partial charge < -0.3 is 15.2 Å². The van der Waals surface area contributed by atoms with Crippen molar-refractivity contribution in [3.63, 3.8) is 0 Å². The highest BCUT2D eigenvalue weighted by Gasteiger charge is 2.18. The highest BCUT2D eigenvalue weighted by atomic mass is 32.1. The molecule has 0 aliphatic heterocycles. The van der Waals surface area contributed by atoms with Gasteiger partial charge in [0.25, 0.3) is 0 Å². The lowest BCUT2D eigenvalue weighted by molar-refractivity contribution is -0.114. The average Bonchev–Trinajstić information content (AvgIpc) is 3.37. The summed E-state index contributed by atoms with van der Waals surface area (Å²) in [5.74, 6) is 1.12. The molecule has 0 unspecified atom stereocenters. The molecular weight excluding hydrogens is 384 g/mol. The summed E-state index contributed by atoms with van der Waals surface area (Å²) in [6.07, 6.45) is 5.20. The van der Waals surface area contributed by atoms with Gasteiger partial charge in [0.05, 0.1) is 10.6 Å². The summed E-state index contributed by atoms with van der Waals surface area (Å²) in [6.45, 7) is 1.46. The fourth-order valence-corrected chi connectivity index (χ4v) is 3.96. The Morgan fingerprint density at radius 1 is 1.07 bits per heavy atom. The van der Waals surface area contributed by atoms with E-state index in [-0.39, 0.29) is 5.91 Å². The molecule has 4 aromatic rings. The minimum absolute atomic E-state index is 0.160. The van der Waals surface area contributed by atoms with Crippen LogP contribution in [0.5, 0.6) is 0 Å². The first-order valence-electron chi connectivity index (χ1n) is 9.03. The van der Waals surface area contributed by atoms with E-state index in [1.165, 1.54) is 6.92 Å². The zero-order valence-corrected chi connectivity index (χ0v) is 17.1. The minimum Gasteiger partial charge on any atom is -0.378 e. The largest absolute Gasteiger partial charge is 0.378 e. The van der Waals surface area contributed by atoms with Gasteiger partial charge in [0.2, 0.25) is 5.91 Å². The molecule has 0 aliphatic rings. The summed E-state index contributed by atoms with van der Waals surface area (Å²) in [4.78, 5) is 31.1. The van der Waals surface area contributed by atoms with Crippen molar-refractivity contribution in [3.8, 4) is 32.5 Å². The Balaban J connectivity index is 1.80. The van der Waals surface area contributed by atoms with E-state index in [0.717, 1.165) is 38.2 Å². The number of nitrogens with zero attached hydrogens (tertiary/aromatic N) is 4. The lowest BCUT2D eigenvalue weighted by Gasteiger charge is -2.12. The number of aromatic amines is 1. The Hall–Kier alpha value is -3.52. The maximum Gasteiger partial charge on any atom is 0.222 e. The molecule has 0 spiro atoms. The predicted molar refractivity (Wildman–Crippen MR) is 117 cm³/mol. The van der Waals surface area contributed by atoms with Crippen molar-refractivity contribution >= 4 is 28.7 Å². The molecule has 3 aromatic heterocycles. The molecule has 2 N–H and O–H groups in total. The third-order valence-corrected chi connectivity index (χ3v) is 5.42. The second-order valence-corrected chi connectivity index (χ2v) is 7.69. The number of carbonyl (C=O) groups excluding carboxylic acids is 1. The first kappa shape index (κ1) is 18.8. The summed E-state index contributed by atoms with van der Waals surface area (Å²) in [5, 5.41) is 3.55. The summed E-state index contributed by atoms with van der Waals surface area (Å²) in [7, 11) is 4.03. The van der Waals surface area contributed by atoms with Crippen LogP contribution in [-0.2, 0) is 4.79 Å². The number of rotatable bonds is 5. The molecule has 146 valence electrons.